The van der Waals surface area contributed by atoms with Crippen LogP contribution in [0.1, 0.15) is 38.1 Å². The van der Waals surface area contributed by atoms with E-state index >= 15 is 0 Å². The average molecular weight is 373 g/mol. The Balaban J connectivity index is 2.05. The van der Waals surface area contributed by atoms with Crippen molar-refractivity contribution in [1.29, 1.82) is 5.26 Å². The highest BCUT2D eigenvalue weighted by atomic mass is 32.1. The Kier molecular flexibility index (Phi) is 6.41. The molecular formula is C17H15N3O5S. The van der Waals surface area contributed by atoms with Crippen molar-refractivity contribution in [3.8, 4) is 6.07 Å². The highest BCUT2D eigenvalue weighted by Gasteiger charge is 2.22. The molecule has 2 rings (SSSR count). The number of hydrogen-bond donors (Lipinski definition) is 1. The molecule has 0 fully saturated rings. The normalized spacial score (nSPS) is 9.88. The lowest BCUT2D eigenvalue weighted by Crippen LogP contribution is -2.20. The van der Waals surface area contributed by atoms with E-state index in [0.717, 1.165) is 11.3 Å². The van der Waals surface area contributed by atoms with E-state index in [1.165, 1.54) is 18.5 Å². The number of amides is 1. The first-order chi connectivity index (χ1) is 12.5. The van der Waals surface area contributed by atoms with Gasteiger partial charge in [-0.3, -0.25) is 9.78 Å². The van der Waals surface area contributed by atoms with Crippen LogP contribution in [-0.4, -0.2) is 36.0 Å². The predicted octanol–water partition coefficient (Wildman–Crippen LogP) is 2.30. The fourth-order valence-corrected chi connectivity index (χ4v) is 3.06. The van der Waals surface area contributed by atoms with Gasteiger partial charge in [-0.1, -0.05) is 0 Å². The number of rotatable bonds is 6. The molecule has 0 aromatic carbocycles. The summed E-state index contributed by atoms with van der Waals surface area (Å²) >= 11 is 0.938. The van der Waals surface area contributed by atoms with Gasteiger partial charge in [0.1, 0.15) is 15.9 Å². The molecule has 9 heteroatoms. The van der Waals surface area contributed by atoms with Gasteiger partial charge in [0.25, 0.3) is 5.91 Å². The molecule has 2 aromatic rings. The van der Waals surface area contributed by atoms with Crippen molar-refractivity contribution in [2.24, 2.45) is 0 Å². The molecule has 2 aromatic heterocycles. The fourth-order valence-electron chi connectivity index (χ4n) is 1.99. The van der Waals surface area contributed by atoms with E-state index in [0.29, 0.717) is 5.56 Å². The van der Waals surface area contributed by atoms with Gasteiger partial charge in [-0.05, 0) is 31.5 Å². The molecule has 134 valence electrons. The Morgan fingerprint density at radius 1 is 1.31 bits per heavy atom. The molecule has 0 bridgehead atoms. The van der Waals surface area contributed by atoms with Gasteiger partial charge in [-0.2, -0.15) is 5.26 Å². The third-order valence-electron chi connectivity index (χ3n) is 3.20. The lowest BCUT2D eigenvalue weighted by atomic mass is 10.2. The third-order valence-corrected chi connectivity index (χ3v) is 4.39. The summed E-state index contributed by atoms with van der Waals surface area (Å²) in [6, 6.07) is 5.03. The molecule has 1 amide bonds. The van der Waals surface area contributed by atoms with Gasteiger partial charge in [-0.25, -0.2) is 9.59 Å². The van der Waals surface area contributed by atoms with Crippen molar-refractivity contribution in [2.45, 2.75) is 13.8 Å². The molecule has 0 atom stereocenters. The monoisotopic (exact) mass is 373 g/mol. The van der Waals surface area contributed by atoms with Gasteiger partial charge in [-0.15, -0.1) is 11.3 Å². The van der Waals surface area contributed by atoms with E-state index in [9.17, 15) is 19.6 Å². The number of aromatic nitrogens is 1. The fraction of sp³-hybridized carbons (Fsp3) is 0.235. The summed E-state index contributed by atoms with van der Waals surface area (Å²) in [5.41, 5.74) is 0.818. The second-order valence-corrected chi connectivity index (χ2v) is 5.98. The number of thiophene rings is 1. The van der Waals surface area contributed by atoms with Crippen LogP contribution in [0.5, 0.6) is 0 Å². The molecule has 0 unspecified atom stereocenters. The van der Waals surface area contributed by atoms with E-state index in [4.69, 9.17) is 9.47 Å². The molecule has 0 saturated carbocycles. The van der Waals surface area contributed by atoms with Crippen molar-refractivity contribution in [1.82, 2.24) is 4.98 Å². The Hall–Kier alpha value is -3.25. The number of hydrogen-bond acceptors (Lipinski definition) is 8. The smallest absolute Gasteiger partial charge is 0.348 e. The van der Waals surface area contributed by atoms with Crippen LogP contribution in [0.2, 0.25) is 0 Å². The number of carbonyl (C=O) groups excluding carboxylic acids is 3. The number of carbonyl (C=O) groups is 3. The third kappa shape index (κ3) is 4.43. The summed E-state index contributed by atoms with van der Waals surface area (Å²) in [4.78, 5) is 39.7. The zero-order valence-electron chi connectivity index (χ0n) is 14.1. The largest absolute Gasteiger partial charge is 0.462 e. The summed E-state index contributed by atoms with van der Waals surface area (Å²) in [5.74, 6) is -1.88. The number of anilines is 1. The summed E-state index contributed by atoms with van der Waals surface area (Å²) < 4.78 is 9.83. The summed E-state index contributed by atoms with van der Waals surface area (Å²) in [6.45, 7) is 2.93. The number of nitrogens with zero attached hydrogens (tertiary/aromatic N) is 2. The van der Waals surface area contributed by atoms with Gasteiger partial charge in [0.05, 0.1) is 17.7 Å². The number of nitriles is 1. The maximum atomic E-state index is 12.0. The van der Waals surface area contributed by atoms with Crippen LogP contribution in [-0.2, 0) is 14.3 Å². The van der Waals surface area contributed by atoms with Gasteiger partial charge < -0.3 is 14.8 Å². The highest BCUT2D eigenvalue weighted by Crippen LogP contribution is 2.33. The van der Waals surface area contributed by atoms with Crippen LogP contribution >= 0.6 is 11.3 Å². The van der Waals surface area contributed by atoms with E-state index in [2.05, 4.69) is 10.3 Å². The van der Waals surface area contributed by atoms with Crippen LogP contribution in [0, 0.1) is 18.3 Å². The van der Waals surface area contributed by atoms with Crippen molar-refractivity contribution in [3.63, 3.8) is 0 Å². The minimum Gasteiger partial charge on any atom is -0.462 e. The van der Waals surface area contributed by atoms with Crippen LogP contribution < -0.4 is 5.32 Å². The molecular weight excluding hydrogens is 358 g/mol. The topological polar surface area (TPSA) is 118 Å². The Labute approximate surface area is 153 Å². The summed E-state index contributed by atoms with van der Waals surface area (Å²) in [5, 5.41) is 12.0. The highest BCUT2D eigenvalue weighted by molar-refractivity contribution is 7.18. The standard InChI is InChI=1S/C17H15N3O5S/c1-3-24-17(23)14-10(2)12(7-18)15(26-14)20-13(21)9-25-16(22)11-5-4-6-19-8-11/h4-6,8H,3,9H2,1-2H3,(H,20,21). The van der Waals surface area contributed by atoms with Crippen molar-refractivity contribution in [2.75, 3.05) is 18.5 Å². The van der Waals surface area contributed by atoms with E-state index in [-0.39, 0.29) is 27.6 Å². The van der Waals surface area contributed by atoms with Crippen molar-refractivity contribution in [3.05, 3.63) is 46.1 Å². The average Bonchev–Trinajstić information content (AvgIpc) is 2.95. The molecule has 0 spiro atoms. The molecule has 1 N–H and O–H groups in total. The zero-order valence-corrected chi connectivity index (χ0v) is 14.9. The molecule has 0 aliphatic rings. The molecule has 0 radical (unpaired) electrons. The molecule has 8 nitrogen and oxygen atoms in total. The second kappa shape index (κ2) is 8.73. The van der Waals surface area contributed by atoms with Gasteiger partial charge in [0.2, 0.25) is 0 Å². The minimum absolute atomic E-state index is 0.171. The number of ether oxygens (including phenoxy) is 2. The van der Waals surface area contributed by atoms with Crippen LogP contribution in [0.3, 0.4) is 0 Å². The predicted molar refractivity (Wildman–Crippen MR) is 92.9 cm³/mol. The van der Waals surface area contributed by atoms with Gasteiger partial charge >= 0.3 is 11.9 Å². The Morgan fingerprint density at radius 3 is 2.69 bits per heavy atom. The molecule has 2 heterocycles. The zero-order chi connectivity index (χ0) is 19.1. The van der Waals surface area contributed by atoms with Crippen molar-refractivity contribution >= 4 is 34.2 Å². The lowest BCUT2D eigenvalue weighted by Gasteiger charge is -2.05. The lowest BCUT2D eigenvalue weighted by molar-refractivity contribution is -0.119. The summed E-state index contributed by atoms with van der Waals surface area (Å²) in [7, 11) is 0. The van der Waals surface area contributed by atoms with Gasteiger partial charge in [0.15, 0.2) is 6.61 Å². The number of esters is 2. The molecule has 0 saturated heterocycles. The first kappa shape index (κ1) is 19.1. The first-order valence-corrected chi connectivity index (χ1v) is 8.37. The number of nitrogens with one attached hydrogen (secondary N) is 1. The van der Waals surface area contributed by atoms with Gasteiger partial charge in [0, 0.05) is 12.4 Å². The van der Waals surface area contributed by atoms with Crippen LogP contribution in [0.4, 0.5) is 5.00 Å². The number of pyridine rings is 1. The second-order valence-electron chi connectivity index (χ2n) is 4.96. The van der Waals surface area contributed by atoms with Crippen LogP contribution in [0.25, 0.3) is 0 Å². The van der Waals surface area contributed by atoms with E-state index in [1.54, 1.807) is 19.9 Å². The minimum atomic E-state index is -0.691. The SMILES string of the molecule is CCOC(=O)c1sc(NC(=O)COC(=O)c2cccnc2)c(C#N)c1C. The van der Waals surface area contributed by atoms with E-state index in [1.807, 2.05) is 6.07 Å². The summed E-state index contributed by atoms with van der Waals surface area (Å²) in [6.07, 6.45) is 2.83. The Bertz CT molecular complexity index is 871. The molecule has 0 aliphatic carbocycles. The maximum absolute atomic E-state index is 12.0. The molecule has 0 aliphatic heterocycles. The van der Waals surface area contributed by atoms with Crippen molar-refractivity contribution < 1.29 is 23.9 Å². The van der Waals surface area contributed by atoms with Crippen LogP contribution in [0.15, 0.2) is 24.5 Å². The first-order valence-electron chi connectivity index (χ1n) is 7.55. The molecule has 26 heavy (non-hydrogen) atoms. The van der Waals surface area contributed by atoms with E-state index < -0.39 is 24.5 Å². The Morgan fingerprint density at radius 2 is 2.08 bits per heavy atom. The maximum Gasteiger partial charge on any atom is 0.348 e. The quantitative estimate of drug-likeness (QED) is 0.772.